The predicted octanol–water partition coefficient (Wildman–Crippen LogP) is 3.52. The fourth-order valence-electron chi connectivity index (χ4n) is 2.21. The van der Waals surface area contributed by atoms with Crippen LogP contribution in [0.25, 0.3) is 0 Å². The number of benzodiazepines with no additional fused rings is 1. The van der Waals surface area contributed by atoms with E-state index in [1.807, 2.05) is 42.5 Å². The van der Waals surface area contributed by atoms with Gasteiger partial charge in [-0.15, -0.1) is 0 Å². The summed E-state index contributed by atoms with van der Waals surface area (Å²) in [5.41, 5.74) is 3.35. The quantitative estimate of drug-likeness (QED) is 0.855. The van der Waals surface area contributed by atoms with Crippen molar-refractivity contribution in [1.82, 2.24) is 0 Å². The van der Waals surface area contributed by atoms with Crippen molar-refractivity contribution >= 4 is 28.9 Å². The molecule has 0 unspecified atom stereocenters. The number of carbonyl (C=O) groups is 1. The van der Waals surface area contributed by atoms with Crippen LogP contribution < -0.4 is 5.32 Å². The number of aliphatic imine (C=N–C) groups is 1. The van der Waals surface area contributed by atoms with E-state index in [1.54, 1.807) is 13.0 Å². The molecule has 0 fully saturated rings. The number of halogens is 1. The van der Waals surface area contributed by atoms with E-state index in [2.05, 4.69) is 10.3 Å². The molecule has 1 amide bonds. The lowest BCUT2D eigenvalue weighted by Crippen LogP contribution is -2.22. The van der Waals surface area contributed by atoms with Gasteiger partial charge in [-0.3, -0.25) is 9.79 Å². The molecule has 3 nitrogen and oxygen atoms in total. The summed E-state index contributed by atoms with van der Waals surface area (Å²) < 4.78 is 0. The third-order valence-electron chi connectivity index (χ3n) is 3.24. The van der Waals surface area contributed by atoms with E-state index >= 15 is 0 Å². The van der Waals surface area contributed by atoms with Crippen LogP contribution >= 0.6 is 11.6 Å². The highest BCUT2D eigenvalue weighted by atomic mass is 35.5. The molecule has 100 valence electrons. The summed E-state index contributed by atoms with van der Waals surface area (Å²) in [5, 5.41) is 3.51. The number of carbonyl (C=O) groups excluding carboxylic acids is 1. The van der Waals surface area contributed by atoms with Gasteiger partial charge in [-0.1, -0.05) is 41.9 Å². The molecule has 0 saturated carbocycles. The molecular formula is C16H13ClN2O. The number of rotatable bonds is 1. The Morgan fingerprint density at radius 1 is 1.15 bits per heavy atom. The highest BCUT2D eigenvalue weighted by Gasteiger charge is 2.22. The Labute approximate surface area is 122 Å². The van der Waals surface area contributed by atoms with Gasteiger partial charge in [0.15, 0.2) is 0 Å². The molecule has 1 aliphatic heterocycles. The van der Waals surface area contributed by atoms with Crippen LogP contribution in [0, 0.1) is 0 Å². The Morgan fingerprint density at radius 2 is 1.90 bits per heavy atom. The van der Waals surface area contributed by atoms with Gasteiger partial charge in [0.25, 0.3) is 0 Å². The highest BCUT2D eigenvalue weighted by molar-refractivity contribution is 6.32. The molecule has 0 spiro atoms. The number of nitrogens with zero attached hydrogens (tertiary/aromatic N) is 1. The average Bonchev–Trinajstić information content (AvgIpc) is 2.58. The third kappa shape index (κ3) is 2.32. The van der Waals surface area contributed by atoms with Crippen LogP contribution in [0.2, 0.25) is 5.02 Å². The molecule has 3 rings (SSSR count). The minimum absolute atomic E-state index is 0.112. The van der Waals surface area contributed by atoms with Gasteiger partial charge in [0.1, 0.15) is 6.04 Å². The van der Waals surface area contributed by atoms with E-state index < -0.39 is 6.04 Å². The van der Waals surface area contributed by atoms with Crippen LogP contribution in [0.5, 0.6) is 0 Å². The van der Waals surface area contributed by atoms with E-state index in [9.17, 15) is 4.79 Å². The molecule has 4 heteroatoms. The first-order valence-electron chi connectivity index (χ1n) is 6.39. The number of benzene rings is 2. The van der Waals surface area contributed by atoms with Gasteiger partial charge in [0, 0.05) is 16.1 Å². The molecule has 0 aliphatic carbocycles. The SMILES string of the molecule is C[C@@H]1N=C(c2ccccc2)c2cc(Cl)ccc2NC1=O. The summed E-state index contributed by atoms with van der Waals surface area (Å²) in [5.74, 6) is -0.112. The summed E-state index contributed by atoms with van der Waals surface area (Å²) in [4.78, 5) is 16.5. The molecule has 0 aromatic heterocycles. The Bertz CT molecular complexity index is 695. The lowest BCUT2D eigenvalue weighted by Gasteiger charge is -2.10. The first kappa shape index (κ1) is 12.9. The molecule has 1 aliphatic rings. The van der Waals surface area contributed by atoms with Gasteiger partial charge in [-0.2, -0.15) is 0 Å². The maximum Gasteiger partial charge on any atom is 0.248 e. The van der Waals surface area contributed by atoms with E-state index in [-0.39, 0.29) is 5.91 Å². The van der Waals surface area contributed by atoms with Crippen molar-refractivity contribution in [1.29, 1.82) is 0 Å². The number of hydrogen-bond donors (Lipinski definition) is 1. The highest BCUT2D eigenvalue weighted by Crippen LogP contribution is 2.27. The zero-order valence-corrected chi connectivity index (χ0v) is 11.7. The van der Waals surface area contributed by atoms with Crippen LogP contribution in [-0.2, 0) is 4.79 Å². The van der Waals surface area contributed by atoms with Crippen molar-refractivity contribution in [3.8, 4) is 0 Å². The average molecular weight is 285 g/mol. The number of fused-ring (bicyclic) bond motifs is 1. The van der Waals surface area contributed by atoms with Crippen molar-refractivity contribution in [2.45, 2.75) is 13.0 Å². The Hall–Kier alpha value is -2.13. The second-order valence-corrected chi connectivity index (χ2v) is 5.14. The van der Waals surface area contributed by atoms with Crippen molar-refractivity contribution in [3.63, 3.8) is 0 Å². The summed E-state index contributed by atoms with van der Waals surface area (Å²) in [6.45, 7) is 1.78. The molecule has 1 N–H and O–H groups in total. The van der Waals surface area contributed by atoms with E-state index in [0.717, 1.165) is 22.5 Å². The van der Waals surface area contributed by atoms with Gasteiger partial charge in [-0.25, -0.2) is 0 Å². The van der Waals surface area contributed by atoms with Gasteiger partial charge in [0.2, 0.25) is 5.91 Å². The van der Waals surface area contributed by atoms with E-state index in [1.165, 1.54) is 0 Å². The summed E-state index contributed by atoms with van der Waals surface area (Å²) in [6, 6.07) is 14.8. The Morgan fingerprint density at radius 3 is 2.65 bits per heavy atom. The van der Waals surface area contributed by atoms with E-state index in [4.69, 9.17) is 11.6 Å². The molecule has 0 radical (unpaired) electrons. The number of amides is 1. The van der Waals surface area contributed by atoms with Gasteiger partial charge in [0.05, 0.1) is 11.4 Å². The van der Waals surface area contributed by atoms with Crippen LogP contribution in [-0.4, -0.2) is 17.7 Å². The standard InChI is InChI=1S/C16H13ClN2O/c1-10-16(20)19-14-8-7-12(17)9-13(14)15(18-10)11-5-3-2-4-6-11/h2-10H,1H3,(H,19,20)/t10-/m0/s1. The van der Waals surface area contributed by atoms with Gasteiger partial charge in [-0.05, 0) is 25.1 Å². The maximum absolute atomic E-state index is 12.0. The maximum atomic E-state index is 12.0. The minimum atomic E-state index is -0.434. The number of hydrogen-bond acceptors (Lipinski definition) is 2. The Balaban J connectivity index is 2.23. The molecular weight excluding hydrogens is 272 g/mol. The topological polar surface area (TPSA) is 41.5 Å². The van der Waals surface area contributed by atoms with Crippen LogP contribution in [0.3, 0.4) is 0 Å². The van der Waals surface area contributed by atoms with Crippen LogP contribution in [0.15, 0.2) is 53.5 Å². The lowest BCUT2D eigenvalue weighted by molar-refractivity contribution is -0.116. The predicted molar refractivity (Wildman–Crippen MR) is 81.6 cm³/mol. The molecule has 0 saturated heterocycles. The zero-order chi connectivity index (χ0) is 14.1. The molecule has 1 heterocycles. The Kier molecular flexibility index (Phi) is 3.28. The summed E-state index contributed by atoms with van der Waals surface area (Å²) in [7, 11) is 0. The number of nitrogens with one attached hydrogen (secondary N) is 1. The van der Waals surface area contributed by atoms with Crippen molar-refractivity contribution < 1.29 is 4.79 Å². The largest absolute Gasteiger partial charge is 0.324 e. The third-order valence-corrected chi connectivity index (χ3v) is 3.48. The lowest BCUT2D eigenvalue weighted by atomic mass is 10.0. The minimum Gasteiger partial charge on any atom is -0.324 e. The van der Waals surface area contributed by atoms with Gasteiger partial charge < -0.3 is 5.32 Å². The van der Waals surface area contributed by atoms with Crippen LogP contribution in [0.4, 0.5) is 5.69 Å². The normalized spacial score (nSPS) is 17.8. The second-order valence-electron chi connectivity index (χ2n) is 4.70. The first-order valence-corrected chi connectivity index (χ1v) is 6.77. The summed E-state index contributed by atoms with van der Waals surface area (Å²) >= 11 is 6.09. The zero-order valence-electron chi connectivity index (χ0n) is 10.9. The van der Waals surface area contributed by atoms with Crippen molar-refractivity contribution in [2.24, 2.45) is 4.99 Å². The second kappa shape index (κ2) is 5.10. The van der Waals surface area contributed by atoms with E-state index in [0.29, 0.717) is 5.02 Å². The molecule has 2 aromatic rings. The smallest absolute Gasteiger partial charge is 0.248 e. The van der Waals surface area contributed by atoms with Crippen molar-refractivity contribution in [3.05, 3.63) is 64.7 Å². The van der Waals surface area contributed by atoms with Crippen molar-refractivity contribution in [2.75, 3.05) is 5.32 Å². The molecule has 20 heavy (non-hydrogen) atoms. The summed E-state index contributed by atoms with van der Waals surface area (Å²) in [6.07, 6.45) is 0. The number of anilines is 1. The monoisotopic (exact) mass is 284 g/mol. The van der Waals surface area contributed by atoms with Crippen LogP contribution in [0.1, 0.15) is 18.1 Å². The molecule has 0 bridgehead atoms. The molecule has 2 aromatic carbocycles. The fourth-order valence-corrected chi connectivity index (χ4v) is 2.38. The molecule has 1 atom stereocenters. The van der Waals surface area contributed by atoms with Gasteiger partial charge >= 0.3 is 0 Å². The first-order chi connectivity index (χ1) is 9.65. The fraction of sp³-hybridized carbons (Fsp3) is 0.125.